The number of benzene rings is 1. The number of ether oxygens (including phenoxy) is 1. The fourth-order valence-electron chi connectivity index (χ4n) is 2.71. The summed E-state index contributed by atoms with van der Waals surface area (Å²) in [4.78, 5) is 36.3. The Labute approximate surface area is 175 Å². The second-order valence-corrected chi connectivity index (χ2v) is 7.74. The highest BCUT2D eigenvalue weighted by Gasteiger charge is 2.38. The molecule has 2 rings (SSSR count). The van der Waals surface area contributed by atoms with Crippen LogP contribution in [0.25, 0.3) is 5.69 Å². The van der Waals surface area contributed by atoms with Crippen LogP contribution in [-0.2, 0) is 22.8 Å². The van der Waals surface area contributed by atoms with Crippen molar-refractivity contribution in [3.8, 4) is 5.69 Å². The van der Waals surface area contributed by atoms with E-state index in [4.69, 9.17) is 16.3 Å². The molecular formula is C17H15ClF4N2O5S. The van der Waals surface area contributed by atoms with Crippen LogP contribution in [0, 0.1) is 12.7 Å². The smallest absolute Gasteiger partial charge is 0.432 e. The van der Waals surface area contributed by atoms with Crippen molar-refractivity contribution in [3.05, 3.63) is 55.1 Å². The number of hydrogen-bond acceptors (Lipinski definition) is 5. The van der Waals surface area contributed by atoms with Gasteiger partial charge in [0.1, 0.15) is 16.8 Å². The van der Waals surface area contributed by atoms with Crippen LogP contribution in [-0.4, -0.2) is 39.2 Å². The molecule has 0 saturated carbocycles. The number of aromatic nitrogens is 2. The van der Waals surface area contributed by atoms with Gasteiger partial charge < -0.3 is 9.84 Å². The summed E-state index contributed by atoms with van der Waals surface area (Å²) in [6.07, 6.45) is -4.98. The van der Waals surface area contributed by atoms with Gasteiger partial charge in [-0.3, -0.25) is 14.2 Å². The van der Waals surface area contributed by atoms with Gasteiger partial charge in [-0.15, -0.1) is 11.8 Å². The molecular weight excluding hydrogens is 456 g/mol. The monoisotopic (exact) mass is 470 g/mol. The number of carbonyl (C=O) groups is 1. The lowest BCUT2D eigenvalue weighted by Gasteiger charge is -2.18. The molecule has 0 radical (unpaired) electrons. The molecule has 1 unspecified atom stereocenters. The largest absolute Gasteiger partial charge is 0.480 e. The summed E-state index contributed by atoms with van der Waals surface area (Å²) in [5.74, 6) is -2.41. The van der Waals surface area contributed by atoms with E-state index in [9.17, 15) is 37.1 Å². The Hall–Kier alpha value is -2.31. The molecule has 1 aromatic heterocycles. The van der Waals surface area contributed by atoms with Crippen LogP contribution in [0.5, 0.6) is 0 Å². The minimum absolute atomic E-state index is 0.0102. The van der Waals surface area contributed by atoms with Crippen LogP contribution < -0.4 is 11.2 Å². The summed E-state index contributed by atoms with van der Waals surface area (Å²) in [5.41, 5.74) is -5.72. The van der Waals surface area contributed by atoms with E-state index in [2.05, 4.69) is 0 Å². The Bertz CT molecular complexity index is 1080. The Morgan fingerprint density at radius 1 is 1.33 bits per heavy atom. The van der Waals surface area contributed by atoms with Gasteiger partial charge in [-0.25, -0.2) is 13.8 Å². The molecule has 30 heavy (non-hydrogen) atoms. The molecule has 0 aliphatic heterocycles. The maximum Gasteiger partial charge on any atom is 0.432 e. The minimum atomic E-state index is -4.98. The van der Waals surface area contributed by atoms with Crippen LogP contribution in [0.4, 0.5) is 17.6 Å². The third kappa shape index (κ3) is 4.55. The molecule has 0 aliphatic rings. The van der Waals surface area contributed by atoms with E-state index in [1.807, 2.05) is 0 Å². The van der Waals surface area contributed by atoms with E-state index in [0.29, 0.717) is 11.8 Å². The summed E-state index contributed by atoms with van der Waals surface area (Å²) in [6.45, 7) is 0.633. The molecule has 13 heteroatoms. The molecule has 1 N–H and O–H groups in total. The number of hydrogen-bond donors (Lipinski definition) is 1. The van der Waals surface area contributed by atoms with Crippen molar-refractivity contribution in [2.24, 2.45) is 7.05 Å². The Balaban J connectivity index is 2.76. The second-order valence-electron chi connectivity index (χ2n) is 6.09. The van der Waals surface area contributed by atoms with Crippen LogP contribution >= 0.6 is 23.4 Å². The zero-order valence-electron chi connectivity index (χ0n) is 15.7. The van der Waals surface area contributed by atoms with E-state index >= 15 is 0 Å². The first-order valence-electron chi connectivity index (χ1n) is 8.08. The summed E-state index contributed by atoms with van der Waals surface area (Å²) in [5, 5.41) is 7.87. The quantitative estimate of drug-likeness (QED) is 0.516. The highest BCUT2D eigenvalue weighted by molar-refractivity contribution is 8.00. The number of carboxylic acids is 1. The Morgan fingerprint density at radius 2 is 1.93 bits per heavy atom. The summed E-state index contributed by atoms with van der Waals surface area (Å²) < 4.78 is 59.5. The third-order valence-corrected chi connectivity index (χ3v) is 5.70. The van der Waals surface area contributed by atoms with Crippen molar-refractivity contribution in [3.63, 3.8) is 0 Å². The summed E-state index contributed by atoms with van der Waals surface area (Å²) >= 11 is 6.62. The zero-order chi connectivity index (χ0) is 23.0. The Morgan fingerprint density at radius 3 is 2.43 bits per heavy atom. The second kappa shape index (κ2) is 8.82. The summed E-state index contributed by atoms with van der Waals surface area (Å²) in [7, 11) is 2.07. The lowest BCUT2D eigenvalue weighted by atomic mass is 10.2. The maximum absolute atomic E-state index is 14.6. The van der Waals surface area contributed by atoms with Crippen molar-refractivity contribution in [2.45, 2.75) is 23.2 Å². The van der Waals surface area contributed by atoms with Gasteiger partial charge in [-0.1, -0.05) is 11.6 Å². The fraction of sp³-hybridized carbons (Fsp3) is 0.353. The van der Waals surface area contributed by atoms with Crippen molar-refractivity contribution in [1.29, 1.82) is 0 Å². The van der Waals surface area contributed by atoms with Crippen molar-refractivity contribution in [1.82, 2.24) is 9.13 Å². The molecule has 7 nitrogen and oxygen atoms in total. The van der Waals surface area contributed by atoms with Crippen LogP contribution in [0.15, 0.2) is 26.6 Å². The van der Waals surface area contributed by atoms with Crippen molar-refractivity contribution < 1.29 is 32.2 Å². The number of carboxylic acid groups (broad SMARTS) is 1. The maximum atomic E-state index is 14.6. The summed E-state index contributed by atoms with van der Waals surface area (Å²) in [6, 6.07) is 1.67. The normalized spacial score (nSPS) is 12.8. The molecule has 0 bridgehead atoms. The number of aliphatic carboxylic acids is 1. The average Bonchev–Trinajstić information content (AvgIpc) is 2.62. The van der Waals surface area contributed by atoms with Gasteiger partial charge in [-0.2, -0.15) is 13.2 Å². The molecule has 0 aliphatic carbocycles. The molecule has 1 heterocycles. The zero-order valence-corrected chi connectivity index (χ0v) is 17.3. The first-order valence-corrected chi connectivity index (χ1v) is 9.34. The third-order valence-electron chi connectivity index (χ3n) is 4.07. The number of alkyl halides is 3. The molecule has 0 spiro atoms. The molecule has 2 aromatic rings. The highest BCUT2D eigenvalue weighted by atomic mass is 35.5. The average molecular weight is 471 g/mol. The fourth-order valence-corrected chi connectivity index (χ4v) is 3.96. The van der Waals surface area contributed by atoms with Gasteiger partial charge >= 0.3 is 17.8 Å². The number of thioether (sulfide) groups is 1. The predicted molar refractivity (Wildman–Crippen MR) is 101 cm³/mol. The number of methoxy groups -OCH3 is 1. The van der Waals surface area contributed by atoms with Crippen LogP contribution in [0.1, 0.15) is 11.3 Å². The van der Waals surface area contributed by atoms with Gasteiger partial charge in [0.2, 0.25) is 0 Å². The predicted octanol–water partition coefficient (Wildman–Crippen LogP) is 2.85. The molecule has 0 fully saturated rings. The van der Waals surface area contributed by atoms with Gasteiger partial charge in [0.05, 0.1) is 17.3 Å². The van der Waals surface area contributed by atoms with Crippen molar-refractivity contribution in [2.75, 3.05) is 13.7 Å². The van der Waals surface area contributed by atoms with E-state index in [1.54, 1.807) is 0 Å². The first kappa shape index (κ1) is 24.0. The van der Waals surface area contributed by atoms with Crippen LogP contribution in [0.2, 0.25) is 5.02 Å². The number of rotatable bonds is 6. The molecule has 1 aromatic carbocycles. The first-order chi connectivity index (χ1) is 13.8. The van der Waals surface area contributed by atoms with E-state index in [1.165, 1.54) is 7.11 Å². The SMILES string of the molecule is COCC(Sc1cc(-n2c(=O)c(C)c(C(F)(F)F)n(C)c2=O)c(F)cc1Cl)C(=O)O. The van der Waals surface area contributed by atoms with Gasteiger partial charge in [0.15, 0.2) is 0 Å². The topological polar surface area (TPSA) is 90.5 Å². The van der Waals surface area contributed by atoms with Crippen molar-refractivity contribution >= 4 is 29.3 Å². The molecule has 1 atom stereocenters. The van der Waals surface area contributed by atoms with E-state index in [0.717, 1.165) is 26.1 Å². The van der Waals surface area contributed by atoms with Gasteiger partial charge in [-0.05, 0) is 19.1 Å². The Kier molecular flexibility index (Phi) is 7.05. The number of nitrogens with zero attached hydrogens (tertiary/aromatic N) is 2. The van der Waals surface area contributed by atoms with E-state index < -0.39 is 51.4 Å². The minimum Gasteiger partial charge on any atom is -0.480 e. The highest BCUT2D eigenvalue weighted by Crippen LogP contribution is 2.34. The van der Waals surface area contributed by atoms with Gasteiger partial charge in [0.25, 0.3) is 5.56 Å². The van der Waals surface area contributed by atoms with Gasteiger partial charge in [0, 0.05) is 24.6 Å². The van der Waals surface area contributed by atoms with E-state index in [-0.39, 0.29) is 25.7 Å². The molecule has 0 amide bonds. The number of halogens is 5. The lowest BCUT2D eigenvalue weighted by Crippen LogP contribution is -2.43. The van der Waals surface area contributed by atoms with Crippen LogP contribution in [0.3, 0.4) is 0 Å². The lowest BCUT2D eigenvalue weighted by molar-refractivity contribution is -0.144. The molecule has 164 valence electrons. The standard InChI is InChI=1S/C17H15ClF4N2O5S/c1-7-13(17(20,21)22)23(2)16(28)24(14(7)25)10-5-11(8(18)4-9(10)19)30-12(6-29-3)15(26)27/h4-5,12H,6H2,1-3H3,(H,26,27). The molecule has 0 saturated heterocycles.